The van der Waals surface area contributed by atoms with Crippen LogP contribution in [0.1, 0.15) is 25.8 Å². The molecular weight excluding hydrogens is 279 g/mol. The van der Waals surface area contributed by atoms with Gasteiger partial charge in [-0.1, -0.05) is 18.2 Å². The summed E-state index contributed by atoms with van der Waals surface area (Å²) in [6.07, 6.45) is -0.338. The minimum atomic E-state index is -1.27. The first-order valence-electron chi connectivity index (χ1n) is 6.27. The third-order valence-electron chi connectivity index (χ3n) is 2.83. The van der Waals surface area contributed by atoms with E-state index in [1.807, 2.05) is 5.32 Å². The van der Waals surface area contributed by atoms with Gasteiger partial charge in [0, 0.05) is 18.5 Å². The van der Waals surface area contributed by atoms with Crippen LogP contribution in [0.2, 0.25) is 0 Å². The van der Waals surface area contributed by atoms with Gasteiger partial charge in [0.1, 0.15) is 5.82 Å². The van der Waals surface area contributed by atoms with Crippen molar-refractivity contribution in [3.8, 4) is 0 Å². The number of amides is 3. The van der Waals surface area contributed by atoms with E-state index in [4.69, 9.17) is 5.11 Å². The lowest BCUT2D eigenvalue weighted by atomic mass is 9.89. The van der Waals surface area contributed by atoms with E-state index in [2.05, 4.69) is 5.32 Å². The number of nitrogens with one attached hydrogen (secondary N) is 2. The molecule has 0 heterocycles. The Kier molecular flexibility index (Phi) is 5.40. The van der Waals surface area contributed by atoms with Crippen LogP contribution in [0.15, 0.2) is 24.3 Å². The highest BCUT2D eigenvalue weighted by Crippen LogP contribution is 2.19. The quantitative estimate of drug-likeness (QED) is 0.770. The van der Waals surface area contributed by atoms with Crippen LogP contribution in [0.4, 0.5) is 9.18 Å². The first-order valence-corrected chi connectivity index (χ1v) is 6.27. The van der Waals surface area contributed by atoms with Crippen LogP contribution < -0.4 is 10.6 Å². The molecule has 0 atom stereocenters. The Hall–Kier alpha value is -2.44. The van der Waals surface area contributed by atoms with Crippen molar-refractivity contribution < 1.29 is 23.9 Å². The van der Waals surface area contributed by atoms with Crippen LogP contribution in [-0.4, -0.2) is 23.0 Å². The van der Waals surface area contributed by atoms with E-state index in [0.717, 1.165) is 0 Å². The minimum absolute atomic E-state index is 0.0753. The van der Waals surface area contributed by atoms with E-state index in [-0.39, 0.29) is 18.5 Å². The summed E-state index contributed by atoms with van der Waals surface area (Å²) in [5.41, 5.74) is -0.985. The zero-order chi connectivity index (χ0) is 16.0. The Balaban J connectivity index is 2.46. The van der Waals surface area contributed by atoms with Gasteiger partial charge in [0.05, 0.1) is 5.41 Å². The zero-order valence-electron chi connectivity index (χ0n) is 11.8. The minimum Gasteiger partial charge on any atom is -0.481 e. The fourth-order valence-electron chi connectivity index (χ4n) is 1.51. The van der Waals surface area contributed by atoms with Crippen molar-refractivity contribution >= 4 is 17.9 Å². The summed E-state index contributed by atoms with van der Waals surface area (Å²) in [4.78, 5) is 33.9. The van der Waals surface area contributed by atoms with E-state index in [1.54, 1.807) is 6.07 Å². The fourth-order valence-corrected chi connectivity index (χ4v) is 1.51. The van der Waals surface area contributed by atoms with Crippen LogP contribution in [0, 0.1) is 11.2 Å². The number of urea groups is 1. The van der Waals surface area contributed by atoms with E-state index in [0.29, 0.717) is 0 Å². The smallest absolute Gasteiger partial charge is 0.321 e. The molecule has 6 nitrogen and oxygen atoms in total. The van der Waals surface area contributed by atoms with Crippen LogP contribution in [0.3, 0.4) is 0 Å². The standard InChI is InChI=1S/C14H17FN2O4/c1-14(2,12(19)20)7-11(18)17-13(21)16-8-9-5-3-4-6-10(9)15/h3-6H,7-8H2,1-2H3,(H,19,20)(H2,16,17,18,21). The van der Waals surface area contributed by atoms with E-state index < -0.39 is 29.1 Å². The topological polar surface area (TPSA) is 95.5 Å². The number of rotatable bonds is 5. The predicted molar refractivity (Wildman–Crippen MR) is 72.8 cm³/mol. The Morgan fingerprint density at radius 1 is 1.24 bits per heavy atom. The predicted octanol–water partition coefficient (Wildman–Crippen LogP) is 1.65. The molecule has 1 aromatic carbocycles. The molecule has 0 unspecified atom stereocenters. The van der Waals surface area contributed by atoms with E-state index in [1.165, 1.54) is 32.0 Å². The molecule has 0 saturated carbocycles. The molecule has 0 aliphatic carbocycles. The van der Waals surface area contributed by atoms with Gasteiger partial charge in [-0.05, 0) is 19.9 Å². The summed E-state index contributed by atoms with van der Waals surface area (Å²) in [6.45, 7) is 2.69. The van der Waals surface area contributed by atoms with Gasteiger partial charge in [0.2, 0.25) is 5.91 Å². The molecule has 1 aromatic rings. The maximum Gasteiger partial charge on any atom is 0.321 e. The van der Waals surface area contributed by atoms with Crippen molar-refractivity contribution in [2.75, 3.05) is 0 Å². The first kappa shape index (κ1) is 16.6. The average Bonchev–Trinajstić information content (AvgIpc) is 2.36. The molecule has 1 rings (SSSR count). The number of carboxylic acids is 1. The fraction of sp³-hybridized carbons (Fsp3) is 0.357. The van der Waals surface area contributed by atoms with Crippen LogP contribution in [-0.2, 0) is 16.1 Å². The number of hydrogen-bond acceptors (Lipinski definition) is 3. The van der Waals surface area contributed by atoms with Crippen molar-refractivity contribution in [3.63, 3.8) is 0 Å². The summed E-state index contributed by atoms with van der Waals surface area (Å²) in [5, 5.41) is 13.2. The second kappa shape index (κ2) is 6.83. The van der Waals surface area contributed by atoms with Gasteiger partial charge in [-0.3, -0.25) is 14.9 Å². The summed E-state index contributed by atoms with van der Waals surface area (Å²) in [7, 11) is 0. The number of aliphatic carboxylic acids is 1. The molecule has 0 radical (unpaired) electrons. The van der Waals surface area contributed by atoms with Crippen LogP contribution in [0.5, 0.6) is 0 Å². The summed E-state index contributed by atoms with van der Waals surface area (Å²) < 4.78 is 13.3. The van der Waals surface area contributed by atoms with Gasteiger partial charge in [-0.25, -0.2) is 9.18 Å². The van der Waals surface area contributed by atoms with Crippen LogP contribution >= 0.6 is 0 Å². The highest BCUT2D eigenvalue weighted by atomic mass is 19.1. The third-order valence-corrected chi connectivity index (χ3v) is 2.83. The molecular formula is C14H17FN2O4. The lowest BCUT2D eigenvalue weighted by molar-refractivity contribution is -0.149. The zero-order valence-corrected chi connectivity index (χ0v) is 11.8. The van der Waals surface area contributed by atoms with Gasteiger partial charge in [-0.15, -0.1) is 0 Å². The van der Waals surface area contributed by atoms with Gasteiger partial charge >= 0.3 is 12.0 Å². The summed E-state index contributed by atoms with van der Waals surface area (Å²) in [6, 6.07) is 5.11. The molecule has 0 bridgehead atoms. The maximum absolute atomic E-state index is 13.3. The summed E-state index contributed by atoms with van der Waals surface area (Å²) >= 11 is 0. The molecule has 7 heteroatoms. The molecule has 3 N–H and O–H groups in total. The largest absolute Gasteiger partial charge is 0.481 e. The Bertz CT molecular complexity index is 558. The molecule has 0 spiro atoms. The van der Waals surface area contributed by atoms with Gasteiger partial charge in [-0.2, -0.15) is 0 Å². The van der Waals surface area contributed by atoms with Crippen molar-refractivity contribution in [2.45, 2.75) is 26.8 Å². The molecule has 114 valence electrons. The first-order chi connectivity index (χ1) is 9.72. The molecule has 21 heavy (non-hydrogen) atoms. The Labute approximate surface area is 121 Å². The molecule has 0 aliphatic heterocycles. The molecule has 0 aliphatic rings. The second-order valence-corrected chi connectivity index (χ2v) is 5.19. The van der Waals surface area contributed by atoms with E-state index >= 15 is 0 Å². The monoisotopic (exact) mass is 296 g/mol. The number of hydrogen-bond donors (Lipinski definition) is 3. The Morgan fingerprint density at radius 2 is 1.86 bits per heavy atom. The number of carbonyl (C=O) groups is 3. The van der Waals surface area contributed by atoms with Crippen molar-refractivity contribution in [1.29, 1.82) is 0 Å². The number of benzene rings is 1. The number of carboxylic acid groups (broad SMARTS) is 1. The van der Waals surface area contributed by atoms with Crippen molar-refractivity contribution in [1.82, 2.24) is 10.6 Å². The molecule has 0 aromatic heterocycles. The molecule has 3 amide bonds. The van der Waals surface area contributed by atoms with Crippen molar-refractivity contribution in [2.24, 2.45) is 5.41 Å². The second-order valence-electron chi connectivity index (χ2n) is 5.19. The lowest BCUT2D eigenvalue weighted by Crippen LogP contribution is -2.41. The van der Waals surface area contributed by atoms with Gasteiger partial charge < -0.3 is 10.4 Å². The third kappa shape index (κ3) is 5.21. The molecule has 0 saturated heterocycles. The normalized spacial score (nSPS) is 10.8. The highest BCUT2D eigenvalue weighted by Gasteiger charge is 2.30. The highest BCUT2D eigenvalue weighted by molar-refractivity contribution is 5.96. The van der Waals surface area contributed by atoms with Crippen LogP contribution in [0.25, 0.3) is 0 Å². The van der Waals surface area contributed by atoms with Gasteiger partial charge in [0.25, 0.3) is 0 Å². The Morgan fingerprint density at radius 3 is 2.43 bits per heavy atom. The number of carbonyl (C=O) groups excluding carboxylic acids is 2. The maximum atomic E-state index is 13.3. The lowest BCUT2D eigenvalue weighted by Gasteiger charge is -2.17. The average molecular weight is 296 g/mol. The van der Waals surface area contributed by atoms with E-state index in [9.17, 15) is 18.8 Å². The van der Waals surface area contributed by atoms with Crippen molar-refractivity contribution in [3.05, 3.63) is 35.6 Å². The summed E-state index contributed by atoms with van der Waals surface area (Å²) in [5.74, 6) is -2.31. The number of halogens is 1. The molecule has 0 fully saturated rings. The number of imide groups is 1. The van der Waals surface area contributed by atoms with Gasteiger partial charge in [0.15, 0.2) is 0 Å². The SMILES string of the molecule is CC(C)(CC(=O)NC(=O)NCc1ccccc1F)C(=O)O.